The van der Waals surface area contributed by atoms with Gasteiger partial charge in [-0.25, -0.2) is 0 Å². The lowest BCUT2D eigenvalue weighted by Crippen LogP contribution is -2.10. The second-order valence-electron chi connectivity index (χ2n) is 8.06. The van der Waals surface area contributed by atoms with Crippen LogP contribution in [0.4, 0.5) is 17.1 Å². The van der Waals surface area contributed by atoms with Gasteiger partial charge in [-0.05, 0) is 61.4 Å². The standard InChI is InChI=1S/C29H28N4S/c1-22-8-14-26(15-9-22)33(27-16-10-23(2)11-17-27)28-18-12-24(13-19-28)20-31-32-29(30)34-21-25-6-4-3-5-7-25/h3-20H,21H2,1-2H3,(H2,30,32). The summed E-state index contributed by atoms with van der Waals surface area (Å²) < 4.78 is 0. The summed E-state index contributed by atoms with van der Waals surface area (Å²) in [5.74, 6) is 0.772. The van der Waals surface area contributed by atoms with Gasteiger partial charge in [0.05, 0.1) is 6.21 Å². The molecule has 0 aliphatic rings. The van der Waals surface area contributed by atoms with Crippen molar-refractivity contribution in [3.8, 4) is 0 Å². The van der Waals surface area contributed by atoms with Crippen LogP contribution in [0.25, 0.3) is 0 Å². The summed E-state index contributed by atoms with van der Waals surface area (Å²) in [5, 5.41) is 8.73. The van der Waals surface area contributed by atoms with E-state index in [1.807, 2.05) is 30.3 Å². The predicted octanol–water partition coefficient (Wildman–Crippen LogP) is 7.36. The molecule has 2 N–H and O–H groups in total. The lowest BCUT2D eigenvalue weighted by molar-refractivity contribution is 1.25. The molecule has 5 heteroatoms. The fourth-order valence-electron chi connectivity index (χ4n) is 3.46. The summed E-state index contributed by atoms with van der Waals surface area (Å²) in [5.41, 5.74) is 13.9. The summed E-state index contributed by atoms with van der Waals surface area (Å²) >= 11 is 1.48. The lowest BCUT2D eigenvalue weighted by atomic mass is 10.1. The lowest BCUT2D eigenvalue weighted by Gasteiger charge is -2.25. The molecule has 0 atom stereocenters. The van der Waals surface area contributed by atoms with E-state index in [2.05, 4.69) is 102 Å². The molecule has 4 aromatic carbocycles. The second-order valence-corrected chi connectivity index (χ2v) is 9.05. The van der Waals surface area contributed by atoms with Crippen LogP contribution >= 0.6 is 11.8 Å². The van der Waals surface area contributed by atoms with Gasteiger partial charge < -0.3 is 10.6 Å². The Kier molecular flexibility index (Phi) is 7.79. The second kappa shape index (κ2) is 11.3. The van der Waals surface area contributed by atoms with E-state index in [1.54, 1.807) is 6.21 Å². The van der Waals surface area contributed by atoms with Gasteiger partial charge in [0.25, 0.3) is 0 Å². The zero-order valence-electron chi connectivity index (χ0n) is 19.4. The largest absolute Gasteiger partial charge is 0.377 e. The number of aryl methyl sites for hydroxylation is 2. The van der Waals surface area contributed by atoms with Crippen molar-refractivity contribution < 1.29 is 0 Å². The minimum absolute atomic E-state index is 0.446. The van der Waals surface area contributed by atoms with Gasteiger partial charge in [0, 0.05) is 22.8 Å². The molecular weight excluding hydrogens is 436 g/mol. The van der Waals surface area contributed by atoms with Crippen molar-refractivity contribution in [3.05, 3.63) is 125 Å². The third-order valence-corrected chi connectivity index (χ3v) is 6.18. The zero-order valence-corrected chi connectivity index (χ0v) is 20.2. The molecule has 0 fully saturated rings. The third-order valence-electron chi connectivity index (χ3n) is 5.33. The Hall–Kier alpha value is -3.83. The first kappa shape index (κ1) is 23.3. The van der Waals surface area contributed by atoms with Crippen molar-refractivity contribution in [2.75, 3.05) is 4.90 Å². The molecule has 34 heavy (non-hydrogen) atoms. The summed E-state index contributed by atoms with van der Waals surface area (Å²) in [6.45, 7) is 4.20. The highest BCUT2D eigenvalue weighted by atomic mass is 32.2. The van der Waals surface area contributed by atoms with E-state index in [-0.39, 0.29) is 0 Å². The normalized spacial score (nSPS) is 11.6. The zero-order chi connectivity index (χ0) is 23.8. The van der Waals surface area contributed by atoms with Gasteiger partial charge in [-0.15, -0.1) is 5.10 Å². The molecule has 0 aromatic heterocycles. The average Bonchev–Trinajstić information content (AvgIpc) is 2.87. The Morgan fingerprint density at radius 1 is 0.735 bits per heavy atom. The van der Waals surface area contributed by atoms with E-state index in [0.717, 1.165) is 28.4 Å². The maximum Gasteiger partial charge on any atom is 0.180 e. The van der Waals surface area contributed by atoms with Crippen LogP contribution in [0.5, 0.6) is 0 Å². The van der Waals surface area contributed by atoms with E-state index in [9.17, 15) is 0 Å². The van der Waals surface area contributed by atoms with E-state index in [4.69, 9.17) is 5.73 Å². The minimum atomic E-state index is 0.446. The Morgan fingerprint density at radius 2 is 1.24 bits per heavy atom. The van der Waals surface area contributed by atoms with Crippen molar-refractivity contribution in [2.24, 2.45) is 15.9 Å². The number of nitrogens with two attached hydrogens (primary N) is 1. The molecule has 0 radical (unpaired) electrons. The van der Waals surface area contributed by atoms with Crippen LogP contribution in [0.3, 0.4) is 0 Å². The number of benzene rings is 4. The molecular formula is C29H28N4S. The maximum atomic E-state index is 5.99. The molecule has 170 valence electrons. The minimum Gasteiger partial charge on any atom is -0.377 e. The Bertz CT molecular complexity index is 1200. The van der Waals surface area contributed by atoms with Gasteiger partial charge in [0.1, 0.15) is 0 Å². The van der Waals surface area contributed by atoms with Gasteiger partial charge in [-0.2, -0.15) is 5.10 Å². The SMILES string of the molecule is Cc1ccc(N(c2ccc(C)cc2)c2ccc(C=NN=C(N)SCc3ccccc3)cc2)cc1. The molecule has 4 aromatic rings. The molecule has 0 saturated heterocycles. The molecule has 4 nitrogen and oxygen atoms in total. The topological polar surface area (TPSA) is 54.0 Å². The van der Waals surface area contributed by atoms with E-state index in [0.29, 0.717) is 5.17 Å². The highest BCUT2D eigenvalue weighted by Gasteiger charge is 2.12. The number of hydrogen-bond donors (Lipinski definition) is 1. The summed E-state index contributed by atoms with van der Waals surface area (Å²) in [7, 11) is 0. The van der Waals surface area contributed by atoms with Crippen LogP contribution in [0.15, 0.2) is 113 Å². The highest BCUT2D eigenvalue weighted by molar-refractivity contribution is 8.13. The highest BCUT2D eigenvalue weighted by Crippen LogP contribution is 2.34. The number of thioether (sulfide) groups is 1. The first-order valence-electron chi connectivity index (χ1n) is 11.2. The van der Waals surface area contributed by atoms with Crippen molar-refractivity contribution in [3.63, 3.8) is 0 Å². The number of hydrogen-bond acceptors (Lipinski definition) is 4. The van der Waals surface area contributed by atoms with Gasteiger partial charge in [0.2, 0.25) is 0 Å². The van der Waals surface area contributed by atoms with Crippen LogP contribution in [-0.4, -0.2) is 11.4 Å². The number of amidine groups is 1. The van der Waals surface area contributed by atoms with Gasteiger partial charge in [-0.1, -0.05) is 89.6 Å². The summed E-state index contributed by atoms with van der Waals surface area (Å²) in [6.07, 6.45) is 1.72. The smallest absolute Gasteiger partial charge is 0.180 e. The van der Waals surface area contributed by atoms with Crippen LogP contribution in [0.2, 0.25) is 0 Å². The molecule has 0 bridgehead atoms. The Balaban J connectivity index is 1.48. The fraction of sp³-hybridized carbons (Fsp3) is 0.103. The first-order chi connectivity index (χ1) is 16.6. The number of anilines is 3. The molecule has 0 unspecified atom stereocenters. The Morgan fingerprint density at radius 3 is 1.76 bits per heavy atom. The number of nitrogens with zero attached hydrogens (tertiary/aromatic N) is 3. The van der Waals surface area contributed by atoms with E-state index >= 15 is 0 Å². The Labute approximate surface area is 205 Å². The van der Waals surface area contributed by atoms with Crippen LogP contribution < -0.4 is 10.6 Å². The maximum absolute atomic E-state index is 5.99. The molecule has 0 heterocycles. The monoisotopic (exact) mass is 464 g/mol. The van der Waals surface area contributed by atoms with Gasteiger partial charge in [-0.3, -0.25) is 0 Å². The van der Waals surface area contributed by atoms with Crippen molar-refractivity contribution in [2.45, 2.75) is 19.6 Å². The van der Waals surface area contributed by atoms with Crippen molar-refractivity contribution in [1.29, 1.82) is 0 Å². The molecule has 0 spiro atoms. The third kappa shape index (κ3) is 6.36. The summed E-state index contributed by atoms with van der Waals surface area (Å²) in [4.78, 5) is 2.25. The van der Waals surface area contributed by atoms with Crippen LogP contribution in [0.1, 0.15) is 22.3 Å². The molecule has 0 saturated carbocycles. The van der Waals surface area contributed by atoms with Crippen molar-refractivity contribution >= 4 is 40.2 Å². The molecule has 0 aliphatic carbocycles. The fourth-order valence-corrected chi connectivity index (χ4v) is 4.07. The molecule has 4 rings (SSSR count). The summed E-state index contributed by atoms with van der Waals surface area (Å²) in [6, 6.07) is 35.6. The average molecular weight is 465 g/mol. The van der Waals surface area contributed by atoms with Gasteiger partial charge in [0.15, 0.2) is 5.17 Å². The van der Waals surface area contributed by atoms with Crippen LogP contribution in [0, 0.1) is 13.8 Å². The molecule has 0 amide bonds. The van der Waals surface area contributed by atoms with Gasteiger partial charge >= 0.3 is 0 Å². The molecule has 0 aliphatic heterocycles. The predicted molar refractivity (Wildman–Crippen MR) is 148 cm³/mol. The quantitative estimate of drug-likeness (QED) is 0.177. The van der Waals surface area contributed by atoms with Crippen LogP contribution in [-0.2, 0) is 5.75 Å². The number of rotatable bonds is 7. The van der Waals surface area contributed by atoms with E-state index < -0.39 is 0 Å². The first-order valence-corrected chi connectivity index (χ1v) is 12.1. The van der Waals surface area contributed by atoms with E-state index in [1.165, 1.54) is 28.5 Å². The van der Waals surface area contributed by atoms with Crippen molar-refractivity contribution in [1.82, 2.24) is 0 Å².